The van der Waals surface area contributed by atoms with Crippen molar-refractivity contribution in [2.45, 2.75) is 31.6 Å². The third-order valence-electron chi connectivity index (χ3n) is 3.76. The molecule has 27 heavy (non-hydrogen) atoms. The number of cyclic esters (lactones) is 1. The van der Waals surface area contributed by atoms with Gasteiger partial charge < -0.3 is 23.7 Å². The van der Waals surface area contributed by atoms with Crippen molar-refractivity contribution in [2.75, 3.05) is 13.2 Å². The van der Waals surface area contributed by atoms with E-state index in [9.17, 15) is 32.3 Å². The fourth-order valence-corrected chi connectivity index (χ4v) is 2.67. The quantitative estimate of drug-likeness (QED) is 0.354. The van der Waals surface area contributed by atoms with Gasteiger partial charge in [-0.1, -0.05) is 6.58 Å². The number of hydrogen-bond donors (Lipinski definition) is 0. The van der Waals surface area contributed by atoms with E-state index in [0.717, 1.165) is 6.08 Å². The summed E-state index contributed by atoms with van der Waals surface area (Å²) in [7, 11) is 0. The van der Waals surface area contributed by atoms with Crippen LogP contribution in [0.5, 0.6) is 0 Å². The Hall–Kier alpha value is -2.63. The smallest absolute Gasteiger partial charge is 0.422 e. The van der Waals surface area contributed by atoms with Crippen molar-refractivity contribution in [2.24, 2.45) is 11.8 Å². The molecule has 0 bridgehead atoms. The summed E-state index contributed by atoms with van der Waals surface area (Å²) in [4.78, 5) is 46.7. The van der Waals surface area contributed by atoms with E-state index in [1.807, 2.05) is 0 Å². The number of fused-ring (bicyclic) bond motifs is 1. The number of rotatable bonds is 6. The van der Waals surface area contributed by atoms with Crippen LogP contribution in [0.4, 0.5) is 13.2 Å². The van der Waals surface area contributed by atoms with Crippen LogP contribution >= 0.6 is 0 Å². The van der Waals surface area contributed by atoms with Gasteiger partial charge in [-0.15, -0.1) is 0 Å². The maximum atomic E-state index is 12.3. The zero-order valence-corrected chi connectivity index (χ0v) is 13.9. The van der Waals surface area contributed by atoms with E-state index in [-0.39, 0.29) is 0 Å². The number of halogens is 3. The first kappa shape index (κ1) is 20.7. The van der Waals surface area contributed by atoms with Crippen LogP contribution in [0.15, 0.2) is 12.7 Å². The molecule has 12 heteroatoms. The van der Waals surface area contributed by atoms with Gasteiger partial charge in [0.1, 0.15) is 24.0 Å². The molecule has 0 aromatic rings. The SMILES string of the molecule is C=CC(=O)OCC(=O)OC1OC2C(C)OC(=O)C2C1C(=O)OCC(F)(F)F. The topological polar surface area (TPSA) is 114 Å². The molecule has 2 aliphatic heterocycles. The normalized spacial score (nSPS) is 29.5. The van der Waals surface area contributed by atoms with E-state index in [2.05, 4.69) is 16.1 Å². The minimum Gasteiger partial charge on any atom is -0.460 e. The second-order valence-electron chi connectivity index (χ2n) is 5.69. The number of alkyl halides is 3. The van der Waals surface area contributed by atoms with Gasteiger partial charge in [0.2, 0.25) is 6.29 Å². The Morgan fingerprint density at radius 3 is 2.52 bits per heavy atom. The maximum absolute atomic E-state index is 12.3. The molecule has 2 fully saturated rings. The van der Waals surface area contributed by atoms with Crippen LogP contribution in [0.2, 0.25) is 0 Å². The predicted octanol–water partition coefficient (Wildman–Crippen LogP) is 0.267. The molecule has 0 aromatic carbocycles. The highest BCUT2D eigenvalue weighted by Gasteiger charge is 2.61. The predicted molar refractivity (Wildman–Crippen MR) is 75.5 cm³/mol. The lowest BCUT2D eigenvalue weighted by Gasteiger charge is -2.21. The highest BCUT2D eigenvalue weighted by Crippen LogP contribution is 2.42. The third kappa shape index (κ3) is 4.96. The summed E-state index contributed by atoms with van der Waals surface area (Å²) >= 11 is 0. The highest BCUT2D eigenvalue weighted by atomic mass is 19.4. The molecule has 2 aliphatic rings. The van der Waals surface area contributed by atoms with Gasteiger partial charge in [0.05, 0.1) is 0 Å². The van der Waals surface area contributed by atoms with Gasteiger partial charge in [-0.25, -0.2) is 9.59 Å². The Balaban J connectivity index is 2.10. The summed E-state index contributed by atoms with van der Waals surface area (Å²) in [5.74, 6) is -7.35. The second-order valence-corrected chi connectivity index (χ2v) is 5.69. The summed E-state index contributed by atoms with van der Waals surface area (Å²) in [5.41, 5.74) is 0. The minimum absolute atomic E-state index is 0.790. The van der Waals surface area contributed by atoms with E-state index in [1.165, 1.54) is 6.92 Å². The van der Waals surface area contributed by atoms with Gasteiger partial charge >= 0.3 is 30.1 Å². The molecule has 2 heterocycles. The number of ether oxygens (including phenoxy) is 5. The van der Waals surface area contributed by atoms with Gasteiger partial charge in [0.15, 0.2) is 13.2 Å². The van der Waals surface area contributed by atoms with Crippen LogP contribution in [-0.4, -0.2) is 61.8 Å². The Morgan fingerprint density at radius 2 is 1.93 bits per heavy atom. The lowest BCUT2D eigenvalue weighted by Crippen LogP contribution is -2.38. The highest BCUT2D eigenvalue weighted by molar-refractivity contribution is 5.86. The summed E-state index contributed by atoms with van der Waals surface area (Å²) in [6.07, 6.45) is -7.54. The lowest BCUT2D eigenvalue weighted by atomic mass is 9.90. The molecule has 0 radical (unpaired) electrons. The van der Waals surface area contributed by atoms with Crippen LogP contribution in [-0.2, 0) is 42.9 Å². The Bertz CT molecular complexity index is 645. The van der Waals surface area contributed by atoms with E-state index in [4.69, 9.17) is 14.2 Å². The van der Waals surface area contributed by atoms with Crippen molar-refractivity contribution in [3.63, 3.8) is 0 Å². The summed E-state index contributed by atoms with van der Waals surface area (Å²) in [6, 6.07) is 0. The molecule has 0 spiro atoms. The summed E-state index contributed by atoms with van der Waals surface area (Å²) in [6.45, 7) is 1.81. The lowest BCUT2D eigenvalue weighted by molar-refractivity contribution is -0.207. The van der Waals surface area contributed by atoms with Crippen molar-refractivity contribution in [1.82, 2.24) is 0 Å². The van der Waals surface area contributed by atoms with Gasteiger partial charge in [0.25, 0.3) is 0 Å². The van der Waals surface area contributed by atoms with Crippen molar-refractivity contribution in [1.29, 1.82) is 0 Å². The van der Waals surface area contributed by atoms with Crippen LogP contribution in [0.25, 0.3) is 0 Å². The van der Waals surface area contributed by atoms with Crippen LogP contribution in [0.3, 0.4) is 0 Å². The minimum atomic E-state index is -4.79. The molecule has 0 saturated carbocycles. The zero-order chi connectivity index (χ0) is 20.4. The molecular formula is C15H15F3O9. The zero-order valence-electron chi connectivity index (χ0n) is 13.9. The maximum Gasteiger partial charge on any atom is 0.422 e. The van der Waals surface area contributed by atoms with E-state index >= 15 is 0 Å². The molecule has 9 nitrogen and oxygen atoms in total. The number of esters is 4. The average Bonchev–Trinajstić information content (AvgIpc) is 3.07. The molecule has 150 valence electrons. The van der Waals surface area contributed by atoms with Gasteiger partial charge in [-0.05, 0) is 6.92 Å². The van der Waals surface area contributed by atoms with E-state index in [1.54, 1.807) is 0 Å². The van der Waals surface area contributed by atoms with E-state index in [0.29, 0.717) is 0 Å². The van der Waals surface area contributed by atoms with Gasteiger partial charge in [-0.2, -0.15) is 13.2 Å². The molecule has 0 N–H and O–H groups in total. The third-order valence-corrected chi connectivity index (χ3v) is 3.76. The monoisotopic (exact) mass is 396 g/mol. The van der Waals surface area contributed by atoms with Crippen LogP contribution < -0.4 is 0 Å². The van der Waals surface area contributed by atoms with Crippen LogP contribution in [0, 0.1) is 11.8 Å². The van der Waals surface area contributed by atoms with E-state index < -0.39 is 73.6 Å². The average molecular weight is 396 g/mol. The van der Waals surface area contributed by atoms with Crippen LogP contribution in [0.1, 0.15) is 6.92 Å². The van der Waals surface area contributed by atoms with Crippen molar-refractivity contribution < 1.29 is 56.0 Å². The second kappa shape index (κ2) is 7.94. The Morgan fingerprint density at radius 1 is 1.26 bits per heavy atom. The van der Waals surface area contributed by atoms with Gasteiger partial charge in [-0.3, -0.25) is 9.59 Å². The molecular weight excluding hydrogens is 381 g/mol. The van der Waals surface area contributed by atoms with Crippen molar-refractivity contribution >= 4 is 23.9 Å². The summed E-state index contributed by atoms with van der Waals surface area (Å²) < 4.78 is 60.5. The number of carbonyl (C=O) groups is 4. The van der Waals surface area contributed by atoms with Crippen molar-refractivity contribution in [3.8, 4) is 0 Å². The molecule has 2 rings (SSSR count). The molecule has 5 atom stereocenters. The molecule has 0 aromatic heterocycles. The first-order chi connectivity index (χ1) is 12.5. The number of carbonyl (C=O) groups excluding carboxylic acids is 4. The molecule has 2 saturated heterocycles. The van der Waals surface area contributed by atoms with Gasteiger partial charge in [0, 0.05) is 6.08 Å². The number of hydrogen-bond acceptors (Lipinski definition) is 9. The Kier molecular flexibility index (Phi) is 6.08. The molecule has 0 aliphatic carbocycles. The van der Waals surface area contributed by atoms with Crippen molar-refractivity contribution in [3.05, 3.63) is 12.7 Å². The first-order valence-electron chi connectivity index (χ1n) is 7.61. The fraction of sp³-hybridized carbons (Fsp3) is 0.600. The first-order valence-corrected chi connectivity index (χ1v) is 7.61. The summed E-state index contributed by atoms with van der Waals surface area (Å²) in [5, 5.41) is 0. The largest absolute Gasteiger partial charge is 0.460 e. The standard InChI is InChI=1S/C15H15F3O9/c1-3-7(19)23-4-8(20)26-14-10(12(21)24-5-15(16,17)18)9-11(27-14)6(2)25-13(9)22/h3,6,9-11,14H,1,4-5H2,2H3. The molecule has 5 unspecified atom stereocenters. The molecule has 0 amide bonds. The fourth-order valence-electron chi connectivity index (χ4n) is 2.67. The Labute approximate surface area is 150 Å².